The van der Waals surface area contributed by atoms with Crippen LogP contribution in [0, 0.1) is 11.7 Å². The lowest BCUT2D eigenvalue weighted by molar-refractivity contribution is -0.133. The second-order valence-corrected chi connectivity index (χ2v) is 11.1. The van der Waals surface area contributed by atoms with Gasteiger partial charge < -0.3 is 15.0 Å². The van der Waals surface area contributed by atoms with Gasteiger partial charge in [-0.2, -0.15) is 0 Å². The molecule has 0 radical (unpaired) electrons. The Morgan fingerprint density at radius 2 is 1.74 bits per heavy atom. The lowest BCUT2D eigenvalue weighted by Crippen LogP contribution is -2.53. The average Bonchev–Trinajstić information content (AvgIpc) is 2.95. The SMILES string of the molecule is COc1ccc(CNC(=O)C2CCC3S/C(=C\c4ccccc4)C(=O)N(Cc4ccc(F)cc4)C3C2)cc1. The molecule has 3 unspecified atom stereocenters. The number of ether oxygens (including phenoxy) is 1. The minimum atomic E-state index is -0.303. The molecule has 196 valence electrons. The molecule has 2 fully saturated rings. The number of hydrogen-bond acceptors (Lipinski definition) is 4. The molecular weight excluding hydrogens is 499 g/mol. The van der Waals surface area contributed by atoms with Crippen LogP contribution in [0.25, 0.3) is 6.08 Å². The van der Waals surface area contributed by atoms with Crippen LogP contribution in [0.5, 0.6) is 5.75 Å². The maximum Gasteiger partial charge on any atom is 0.260 e. The second kappa shape index (κ2) is 11.9. The van der Waals surface area contributed by atoms with Gasteiger partial charge in [0.05, 0.1) is 12.0 Å². The van der Waals surface area contributed by atoms with Crippen LogP contribution in [-0.4, -0.2) is 35.1 Å². The van der Waals surface area contributed by atoms with Crippen molar-refractivity contribution in [3.05, 3.63) is 106 Å². The Balaban J connectivity index is 1.32. The summed E-state index contributed by atoms with van der Waals surface area (Å²) in [6.45, 7) is 0.831. The highest BCUT2D eigenvalue weighted by atomic mass is 32.2. The summed E-state index contributed by atoms with van der Waals surface area (Å²) < 4.78 is 18.7. The molecular formula is C31H31FN2O3S. The molecule has 5 rings (SSSR count). The van der Waals surface area contributed by atoms with Crippen LogP contribution in [0.2, 0.25) is 0 Å². The maximum atomic E-state index is 13.7. The van der Waals surface area contributed by atoms with Crippen LogP contribution in [0.4, 0.5) is 4.39 Å². The van der Waals surface area contributed by atoms with E-state index in [1.807, 2.05) is 65.6 Å². The number of methoxy groups -OCH3 is 1. The average molecular weight is 531 g/mol. The number of hydrogen-bond donors (Lipinski definition) is 1. The van der Waals surface area contributed by atoms with Crippen molar-refractivity contribution in [2.45, 2.75) is 43.6 Å². The molecule has 2 amide bonds. The first-order chi connectivity index (χ1) is 18.5. The molecule has 2 aliphatic rings. The lowest BCUT2D eigenvalue weighted by atomic mass is 9.83. The van der Waals surface area contributed by atoms with Crippen molar-refractivity contribution in [3.8, 4) is 5.75 Å². The predicted molar refractivity (Wildman–Crippen MR) is 149 cm³/mol. The molecule has 3 aromatic carbocycles. The third kappa shape index (κ3) is 6.10. The van der Waals surface area contributed by atoms with E-state index in [4.69, 9.17) is 4.74 Å². The first kappa shape index (κ1) is 26.0. The number of nitrogens with zero attached hydrogens (tertiary/aromatic N) is 1. The van der Waals surface area contributed by atoms with Crippen LogP contribution in [0.3, 0.4) is 0 Å². The van der Waals surface area contributed by atoms with Gasteiger partial charge in [0.15, 0.2) is 0 Å². The van der Waals surface area contributed by atoms with Crippen molar-refractivity contribution in [1.29, 1.82) is 0 Å². The highest BCUT2D eigenvalue weighted by Gasteiger charge is 2.44. The summed E-state index contributed by atoms with van der Waals surface area (Å²) in [5.41, 5.74) is 2.86. The summed E-state index contributed by atoms with van der Waals surface area (Å²) in [4.78, 5) is 29.5. The quantitative estimate of drug-likeness (QED) is 0.392. The molecule has 3 atom stereocenters. The monoisotopic (exact) mass is 530 g/mol. The van der Waals surface area contributed by atoms with E-state index in [1.54, 1.807) is 31.0 Å². The number of benzene rings is 3. The third-order valence-electron chi connectivity index (χ3n) is 7.27. The molecule has 5 nitrogen and oxygen atoms in total. The lowest BCUT2D eigenvalue weighted by Gasteiger charge is -2.46. The third-order valence-corrected chi connectivity index (χ3v) is 8.66. The Kier molecular flexibility index (Phi) is 8.13. The standard InChI is InChI=1S/C31H31FN2O3S/c1-37-26-14-9-22(10-15-26)19-33-30(35)24-11-16-28-27(18-24)34(20-23-7-12-25(32)13-8-23)31(36)29(38-28)17-21-5-3-2-4-6-21/h2-10,12-15,17,24,27-28H,11,16,18-20H2,1H3,(H,33,35)/b29-17-. The van der Waals surface area contributed by atoms with Crippen LogP contribution in [-0.2, 0) is 22.7 Å². The molecule has 0 aromatic heterocycles. The van der Waals surface area contributed by atoms with Crippen LogP contribution >= 0.6 is 11.8 Å². The van der Waals surface area contributed by atoms with Crippen LogP contribution < -0.4 is 10.1 Å². The molecule has 1 saturated carbocycles. The normalized spacial score (nSPS) is 22.2. The molecule has 0 spiro atoms. The molecule has 7 heteroatoms. The van der Waals surface area contributed by atoms with Crippen molar-refractivity contribution < 1.29 is 18.7 Å². The van der Waals surface area contributed by atoms with Gasteiger partial charge in [0.2, 0.25) is 5.91 Å². The fourth-order valence-corrected chi connectivity index (χ4v) is 6.59. The van der Waals surface area contributed by atoms with Gasteiger partial charge in [-0.15, -0.1) is 11.8 Å². The summed E-state index contributed by atoms with van der Waals surface area (Å²) in [5.74, 6) is 0.286. The van der Waals surface area contributed by atoms with Gasteiger partial charge in [0.1, 0.15) is 11.6 Å². The number of rotatable bonds is 7. The Labute approximate surface area is 227 Å². The molecule has 1 heterocycles. The summed E-state index contributed by atoms with van der Waals surface area (Å²) in [6.07, 6.45) is 4.18. The van der Waals surface area contributed by atoms with Crippen molar-refractivity contribution in [3.63, 3.8) is 0 Å². The van der Waals surface area contributed by atoms with Gasteiger partial charge in [0, 0.05) is 30.3 Å². The van der Waals surface area contributed by atoms with Gasteiger partial charge in [0.25, 0.3) is 5.91 Å². The van der Waals surface area contributed by atoms with Gasteiger partial charge in [-0.3, -0.25) is 9.59 Å². The number of halogens is 1. The van der Waals surface area contributed by atoms with E-state index in [0.717, 1.165) is 35.3 Å². The molecule has 1 N–H and O–H groups in total. The van der Waals surface area contributed by atoms with Crippen molar-refractivity contribution in [2.75, 3.05) is 7.11 Å². The molecule has 0 bridgehead atoms. The van der Waals surface area contributed by atoms with Gasteiger partial charge in [-0.05, 0) is 66.3 Å². The largest absolute Gasteiger partial charge is 0.497 e. The molecule has 1 aliphatic heterocycles. The Morgan fingerprint density at radius 1 is 1.03 bits per heavy atom. The predicted octanol–water partition coefficient (Wildman–Crippen LogP) is 5.80. The highest BCUT2D eigenvalue weighted by Crippen LogP contribution is 2.44. The zero-order chi connectivity index (χ0) is 26.5. The second-order valence-electron chi connectivity index (χ2n) is 9.78. The minimum Gasteiger partial charge on any atom is -0.497 e. The highest BCUT2D eigenvalue weighted by molar-refractivity contribution is 8.04. The molecule has 38 heavy (non-hydrogen) atoms. The smallest absolute Gasteiger partial charge is 0.260 e. The van der Waals surface area contributed by atoms with Gasteiger partial charge in [-0.25, -0.2) is 4.39 Å². The summed E-state index contributed by atoms with van der Waals surface area (Å²) in [7, 11) is 1.63. The fourth-order valence-electron chi connectivity index (χ4n) is 5.18. The molecule has 3 aromatic rings. The fraction of sp³-hybridized carbons (Fsp3) is 0.290. The maximum absolute atomic E-state index is 13.7. The Morgan fingerprint density at radius 3 is 2.45 bits per heavy atom. The van der Waals surface area contributed by atoms with E-state index < -0.39 is 0 Å². The summed E-state index contributed by atoms with van der Waals surface area (Å²) >= 11 is 1.63. The van der Waals surface area contributed by atoms with Crippen molar-refractivity contribution in [2.24, 2.45) is 5.92 Å². The van der Waals surface area contributed by atoms with Crippen molar-refractivity contribution in [1.82, 2.24) is 10.2 Å². The topological polar surface area (TPSA) is 58.6 Å². The first-order valence-electron chi connectivity index (χ1n) is 12.9. The van der Waals surface area contributed by atoms with E-state index in [2.05, 4.69) is 5.32 Å². The van der Waals surface area contributed by atoms with E-state index in [9.17, 15) is 14.0 Å². The van der Waals surface area contributed by atoms with E-state index in [1.165, 1.54) is 12.1 Å². The van der Waals surface area contributed by atoms with E-state index >= 15 is 0 Å². The molecule has 1 aliphatic carbocycles. The van der Waals surface area contributed by atoms with Gasteiger partial charge in [-0.1, -0.05) is 54.6 Å². The zero-order valence-corrected chi connectivity index (χ0v) is 22.1. The minimum absolute atomic E-state index is 0.0177. The number of thioether (sulfide) groups is 1. The van der Waals surface area contributed by atoms with E-state index in [0.29, 0.717) is 24.4 Å². The zero-order valence-electron chi connectivity index (χ0n) is 21.3. The summed E-state index contributed by atoms with van der Waals surface area (Å²) in [5, 5.41) is 3.28. The number of carbonyl (C=O) groups is 2. The molecule has 1 saturated heterocycles. The Hall–Kier alpha value is -3.58. The van der Waals surface area contributed by atoms with E-state index in [-0.39, 0.29) is 34.8 Å². The number of fused-ring (bicyclic) bond motifs is 1. The number of amides is 2. The Bertz CT molecular complexity index is 1290. The van der Waals surface area contributed by atoms with Crippen molar-refractivity contribution >= 4 is 29.7 Å². The first-order valence-corrected chi connectivity index (χ1v) is 13.8. The summed E-state index contributed by atoms with van der Waals surface area (Å²) in [6, 6.07) is 23.7. The number of nitrogens with one attached hydrogen (secondary N) is 1. The number of carbonyl (C=O) groups excluding carboxylic acids is 2. The van der Waals surface area contributed by atoms with Gasteiger partial charge >= 0.3 is 0 Å². The van der Waals surface area contributed by atoms with Crippen LogP contribution in [0.15, 0.2) is 83.8 Å². The van der Waals surface area contributed by atoms with Crippen LogP contribution in [0.1, 0.15) is 36.0 Å².